The zero-order chi connectivity index (χ0) is 13.3. The van der Waals surface area contributed by atoms with E-state index in [1.165, 1.54) is 11.3 Å². The second-order valence-corrected chi connectivity index (χ2v) is 5.79. The molecule has 6 heteroatoms. The quantitative estimate of drug-likeness (QED) is 0.921. The van der Waals surface area contributed by atoms with Crippen molar-refractivity contribution in [2.45, 2.75) is 33.3 Å². The van der Waals surface area contributed by atoms with Crippen molar-refractivity contribution in [3.63, 3.8) is 0 Å². The predicted molar refractivity (Wildman–Crippen MR) is 71.4 cm³/mol. The molecule has 0 aromatic carbocycles. The molecule has 0 fully saturated rings. The summed E-state index contributed by atoms with van der Waals surface area (Å²) in [4.78, 5) is 5.49. The Morgan fingerprint density at radius 1 is 1.50 bits per heavy atom. The third-order valence-electron chi connectivity index (χ3n) is 2.58. The Bertz CT molecular complexity index is 545. The van der Waals surface area contributed by atoms with E-state index in [1.807, 2.05) is 33.8 Å². The first-order chi connectivity index (χ1) is 8.44. The normalized spacial score (nSPS) is 12.0. The molecule has 2 heterocycles. The van der Waals surface area contributed by atoms with Gasteiger partial charge in [-0.15, -0.1) is 11.3 Å². The summed E-state index contributed by atoms with van der Waals surface area (Å²) in [5, 5.41) is 4.66. The van der Waals surface area contributed by atoms with E-state index in [9.17, 15) is 0 Å². The van der Waals surface area contributed by atoms with Crippen LogP contribution in [0.2, 0.25) is 0 Å². The molecule has 2 rings (SSSR count). The summed E-state index contributed by atoms with van der Waals surface area (Å²) in [5.74, 6) is 0.974. The Morgan fingerprint density at radius 3 is 2.78 bits per heavy atom. The van der Waals surface area contributed by atoms with Crippen LogP contribution < -0.4 is 5.73 Å². The lowest BCUT2D eigenvalue weighted by Gasteiger charge is -2.19. The fraction of sp³-hybridized carbons (Fsp3) is 0.500. The Morgan fingerprint density at radius 2 is 2.22 bits per heavy atom. The molecule has 0 aliphatic carbocycles. The molecule has 98 valence electrons. The first-order valence-corrected chi connectivity index (χ1v) is 6.60. The van der Waals surface area contributed by atoms with E-state index in [1.54, 1.807) is 0 Å². The van der Waals surface area contributed by atoms with E-state index in [4.69, 9.17) is 15.0 Å². The van der Waals surface area contributed by atoms with E-state index < -0.39 is 5.60 Å². The molecule has 0 unspecified atom stereocenters. The van der Waals surface area contributed by atoms with Crippen molar-refractivity contribution in [3.8, 4) is 11.5 Å². The molecular formula is C12H17N3O2S. The molecule has 2 aromatic heterocycles. The maximum atomic E-state index is 5.91. The van der Waals surface area contributed by atoms with Crippen molar-refractivity contribution in [1.82, 2.24) is 10.1 Å². The maximum absolute atomic E-state index is 5.91. The second-order valence-electron chi connectivity index (χ2n) is 4.50. The van der Waals surface area contributed by atoms with E-state index >= 15 is 0 Å². The highest BCUT2D eigenvalue weighted by atomic mass is 32.1. The van der Waals surface area contributed by atoms with Crippen LogP contribution in [0.15, 0.2) is 10.6 Å². The fourth-order valence-electron chi connectivity index (χ4n) is 1.70. The topological polar surface area (TPSA) is 74.2 Å². The minimum absolute atomic E-state index is 0.444. The van der Waals surface area contributed by atoms with Crippen LogP contribution in [0.1, 0.15) is 31.5 Å². The number of anilines is 1. The highest BCUT2D eigenvalue weighted by Gasteiger charge is 2.28. The molecule has 0 aliphatic heterocycles. The van der Waals surface area contributed by atoms with E-state index in [0.29, 0.717) is 23.3 Å². The van der Waals surface area contributed by atoms with Crippen LogP contribution in [0.5, 0.6) is 0 Å². The molecule has 0 atom stereocenters. The molecule has 0 saturated heterocycles. The van der Waals surface area contributed by atoms with E-state index in [0.717, 1.165) is 10.4 Å². The van der Waals surface area contributed by atoms with Gasteiger partial charge in [-0.25, -0.2) is 0 Å². The molecule has 0 bridgehead atoms. The molecule has 0 radical (unpaired) electrons. The molecule has 2 aromatic rings. The minimum Gasteiger partial charge on any atom is -0.390 e. The Kier molecular flexibility index (Phi) is 3.41. The number of hydrogen-bond donors (Lipinski definition) is 1. The number of nitrogens with zero attached hydrogens (tertiary/aromatic N) is 2. The number of hydrogen-bond acceptors (Lipinski definition) is 6. The summed E-state index contributed by atoms with van der Waals surface area (Å²) in [6.07, 6.45) is 0. The van der Waals surface area contributed by atoms with E-state index in [-0.39, 0.29) is 0 Å². The average molecular weight is 267 g/mol. The van der Waals surface area contributed by atoms with Crippen molar-refractivity contribution in [2.24, 2.45) is 0 Å². The Hall–Kier alpha value is -1.40. The van der Waals surface area contributed by atoms with Gasteiger partial charge in [0.25, 0.3) is 5.89 Å². The summed E-state index contributed by atoms with van der Waals surface area (Å²) < 4.78 is 10.8. The van der Waals surface area contributed by atoms with Crippen LogP contribution in [0, 0.1) is 6.92 Å². The third kappa shape index (κ3) is 2.39. The van der Waals surface area contributed by atoms with Crippen LogP contribution in [0.25, 0.3) is 11.5 Å². The van der Waals surface area contributed by atoms with Crippen LogP contribution in [-0.2, 0) is 10.3 Å². The SMILES string of the molecule is CCOC(C)(C)c1noc(-c2cc(C)sc2N)n1. The summed E-state index contributed by atoms with van der Waals surface area (Å²) >= 11 is 1.51. The van der Waals surface area contributed by atoms with Crippen LogP contribution >= 0.6 is 11.3 Å². The van der Waals surface area contributed by atoms with Crippen molar-refractivity contribution in [2.75, 3.05) is 12.3 Å². The van der Waals surface area contributed by atoms with Gasteiger partial charge in [-0.05, 0) is 33.8 Å². The lowest BCUT2D eigenvalue weighted by atomic mass is 10.1. The number of thiophene rings is 1. The largest absolute Gasteiger partial charge is 0.390 e. The molecule has 0 aliphatic rings. The van der Waals surface area contributed by atoms with Gasteiger partial charge in [0.1, 0.15) is 5.60 Å². The molecule has 18 heavy (non-hydrogen) atoms. The first kappa shape index (κ1) is 13.0. The van der Waals surface area contributed by atoms with Gasteiger partial charge in [-0.3, -0.25) is 0 Å². The zero-order valence-electron chi connectivity index (χ0n) is 11.0. The van der Waals surface area contributed by atoms with Gasteiger partial charge in [-0.2, -0.15) is 4.98 Å². The number of nitrogens with two attached hydrogens (primary N) is 1. The van der Waals surface area contributed by atoms with Gasteiger partial charge in [0.15, 0.2) is 0 Å². The Labute approximate surface area is 110 Å². The van der Waals surface area contributed by atoms with E-state index in [2.05, 4.69) is 10.1 Å². The van der Waals surface area contributed by atoms with Gasteiger partial charge < -0.3 is 15.0 Å². The van der Waals surface area contributed by atoms with Crippen molar-refractivity contribution in [1.29, 1.82) is 0 Å². The smallest absolute Gasteiger partial charge is 0.261 e. The molecule has 0 amide bonds. The highest BCUT2D eigenvalue weighted by molar-refractivity contribution is 7.16. The summed E-state index contributed by atoms with van der Waals surface area (Å²) in [6.45, 7) is 8.34. The number of aryl methyl sites for hydroxylation is 1. The summed E-state index contributed by atoms with van der Waals surface area (Å²) in [7, 11) is 0. The highest BCUT2D eigenvalue weighted by Crippen LogP contribution is 2.33. The first-order valence-electron chi connectivity index (χ1n) is 5.78. The minimum atomic E-state index is -0.559. The zero-order valence-corrected chi connectivity index (χ0v) is 11.8. The van der Waals surface area contributed by atoms with Gasteiger partial charge in [0.05, 0.1) is 10.6 Å². The number of aromatic nitrogens is 2. The van der Waals surface area contributed by atoms with Crippen LogP contribution in [0.4, 0.5) is 5.00 Å². The lowest BCUT2D eigenvalue weighted by molar-refractivity contribution is -0.0221. The monoisotopic (exact) mass is 267 g/mol. The lowest BCUT2D eigenvalue weighted by Crippen LogP contribution is -2.23. The molecule has 0 spiro atoms. The van der Waals surface area contributed by atoms with Gasteiger partial charge in [0.2, 0.25) is 5.82 Å². The summed E-state index contributed by atoms with van der Waals surface area (Å²) in [5.41, 5.74) is 6.15. The van der Waals surface area contributed by atoms with Crippen molar-refractivity contribution < 1.29 is 9.26 Å². The van der Waals surface area contributed by atoms with Gasteiger partial charge in [-0.1, -0.05) is 5.16 Å². The molecule has 2 N–H and O–H groups in total. The molecule has 5 nitrogen and oxygen atoms in total. The fourth-order valence-corrected chi connectivity index (χ4v) is 2.48. The van der Waals surface area contributed by atoms with Gasteiger partial charge in [0, 0.05) is 11.5 Å². The Balaban J connectivity index is 2.34. The predicted octanol–water partition coefficient (Wildman–Crippen LogP) is 2.96. The number of rotatable bonds is 4. The van der Waals surface area contributed by atoms with Crippen molar-refractivity contribution in [3.05, 3.63) is 16.8 Å². The number of nitrogen functional groups attached to an aromatic ring is 1. The second kappa shape index (κ2) is 4.70. The number of ether oxygens (including phenoxy) is 1. The standard InChI is InChI=1S/C12H17N3O2S/c1-5-16-12(3,4)11-14-10(17-15-11)8-6-7(2)18-9(8)13/h6H,5,13H2,1-4H3. The van der Waals surface area contributed by atoms with Crippen molar-refractivity contribution >= 4 is 16.3 Å². The average Bonchev–Trinajstić information content (AvgIpc) is 2.85. The third-order valence-corrected chi connectivity index (χ3v) is 3.46. The van der Waals surface area contributed by atoms with Crippen LogP contribution in [0.3, 0.4) is 0 Å². The molecular weight excluding hydrogens is 250 g/mol. The maximum Gasteiger partial charge on any atom is 0.261 e. The molecule has 0 saturated carbocycles. The summed E-state index contributed by atoms with van der Waals surface area (Å²) in [6, 6.07) is 1.95. The van der Waals surface area contributed by atoms with Gasteiger partial charge >= 0.3 is 0 Å². The van der Waals surface area contributed by atoms with Crippen LogP contribution in [-0.4, -0.2) is 16.7 Å².